The molecule has 15 rings (SSSR count). The van der Waals surface area contributed by atoms with Crippen LogP contribution in [0.5, 0.6) is 0 Å². The van der Waals surface area contributed by atoms with E-state index in [1.807, 2.05) is 12.1 Å². The zero-order valence-electron chi connectivity index (χ0n) is 31.9. The van der Waals surface area contributed by atoms with Crippen LogP contribution in [-0.4, -0.2) is 23.5 Å². The Morgan fingerprint density at radius 3 is 1.68 bits per heavy atom. The number of hydrogen-bond acceptors (Lipinski definition) is 3. The van der Waals surface area contributed by atoms with E-state index in [1.165, 1.54) is 70.4 Å². The smallest absolute Gasteiger partial charge is 0.237 e. The Balaban J connectivity index is 1.16. The zero-order valence-corrected chi connectivity index (χ0v) is 31.9. The lowest BCUT2D eigenvalue weighted by Crippen LogP contribution is -2.06. The summed E-state index contributed by atoms with van der Waals surface area (Å²) in [7, 11) is 0. The molecule has 0 bridgehead atoms. The minimum Gasteiger partial charge on any atom is -0.450 e. The first-order chi connectivity index (χ1) is 29.8. The normalized spacial score (nSPS) is 12.7. The number of furan rings is 1. The van der Waals surface area contributed by atoms with Gasteiger partial charge in [0.15, 0.2) is 11.4 Å². The van der Waals surface area contributed by atoms with Crippen molar-refractivity contribution in [1.29, 1.82) is 0 Å². The van der Waals surface area contributed by atoms with Gasteiger partial charge >= 0.3 is 0 Å². The van der Waals surface area contributed by atoms with Crippen molar-refractivity contribution in [1.82, 2.24) is 23.5 Å². The number of hydrogen-bond donors (Lipinski definition) is 0. The summed E-state index contributed by atoms with van der Waals surface area (Å²) < 4.78 is 13.9. The third-order valence-corrected chi connectivity index (χ3v) is 13.2. The van der Waals surface area contributed by atoms with Crippen molar-refractivity contribution >= 4 is 125 Å². The number of aromatic nitrogens is 5. The van der Waals surface area contributed by atoms with Gasteiger partial charge in [0.1, 0.15) is 11.1 Å². The molecule has 0 spiro atoms. The minimum atomic E-state index is 0.593. The van der Waals surface area contributed by atoms with Crippen LogP contribution in [0.15, 0.2) is 180 Å². The summed E-state index contributed by atoms with van der Waals surface area (Å²) in [6.07, 6.45) is 0. The summed E-state index contributed by atoms with van der Waals surface area (Å²) >= 11 is 0. The van der Waals surface area contributed by atoms with E-state index in [4.69, 9.17) is 14.4 Å². The van der Waals surface area contributed by atoms with Crippen molar-refractivity contribution in [2.75, 3.05) is 0 Å². The van der Waals surface area contributed by atoms with E-state index in [9.17, 15) is 0 Å². The van der Waals surface area contributed by atoms with Crippen LogP contribution >= 0.6 is 0 Å². The highest BCUT2D eigenvalue weighted by atomic mass is 16.3. The predicted octanol–water partition coefficient (Wildman–Crippen LogP) is 14.0. The van der Waals surface area contributed by atoms with Crippen LogP contribution in [0.3, 0.4) is 0 Å². The summed E-state index contributed by atoms with van der Waals surface area (Å²) in [6, 6.07) is 63.2. The predicted molar refractivity (Wildman–Crippen MR) is 248 cm³/mol. The van der Waals surface area contributed by atoms with E-state index in [-0.39, 0.29) is 0 Å². The summed E-state index contributed by atoms with van der Waals surface area (Å²) in [5.74, 6) is 1.30. The zero-order chi connectivity index (χ0) is 38.8. The summed E-state index contributed by atoms with van der Waals surface area (Å²) in [6.45, 7) is 0. The molecule has 0 saturated heterocycles. The molecule has 0 N–H and O–H groups in total. The molecule has 0 fully saturated rings. The Morgan fingerprint density at radius 2 is 0.933 bits per heavy atom. The Hall–Kier alpha value is -8.22. The van der Waals surface area contributed by atoms with Gasteiger partial charge in [0.25, 0.3) is 0 Å². The fourth-order valence-electron chi connectivity index (χ4n) is 10.8. The molecule has 0 amide bonds. The van der Waals surface area contributed by atoms with E-state index >= 15 is 0 Å². The molecule has 6 nitrogen and oxygen atoms in total. The maximum Gasteiger partial charge on any atom is 0.237 e. The van der Waals surface area contributed by atoms with Crippen LogP contribution in [-0.2, 0) is 0 Å². The second-order valence-corrected chi connectivity index (χ2v) is 16.1. The quantitative estimate of drug-likeness (QED) is 0.176. The molecule has 60 heavy (non-hydrogen) atoms. The molecule has 6 heteroatoms. The lowest BCUT2D eigenvalue weighted by Gasteiger charge is -2.12. The Labute approximate surface area is 339 Å². The van der Waals surface area contributed by atoms with Crippen molar-refractivity contribution in [3.05, 3.63) is 176 Å². The minimum absolute atomic E-state index is 0.593. The molecule has 6 aromatic heterocycles. The van der Waals surface area contributed by atoms with Crippen molar-refractivity contribution < 1.29 is 4.42 Å². The first-order valence-electron chi connectivity index (χ1n) is 20.4. The Morgan fingerprint density at radius 1 is 0.367 bits per heavy atom. The van der Waals surface area contributed by atoms with E-state index in [0.717, 1.165) is 49.3 Å². The topological polar surface area (TPSA) is 53.2 Å². The largest absolute Gasteiger partial charge is 0.450 e. The Bertz CT molecular complexity index is 4370. The maximum atomic E-state index is 6.81. The molecule has 0 aliphatic rings. The van der Waals surface area contributed by atoms with Crippen LogP contribution in [0, 0.1) is 0 Å². The molecule has 6 heterocycles. The molecule has 0 saturated carbocycles. The van der Waals surface area contributed by atoms with Gasteiger partial charge in [-0.25, -0.2) is 4.98 Å². The van der Waals surface area contributed by atoms with Crippen LogP contribution in [0.2, 0.25) is 0 Å². The van der Waals surface area contributed by atoms with Gasteiger partial charge < -0.3 is 8.82 Å². The summed E-state index contributed by atoms with van der Waals surface area (Å²) in [4.78, 5) is 11.2. The molecule has 0 radical (unpaired) electrons. The molecular weight excluding hydrogens is 735 g/mol. The average Bonchev–Trinajstić information content (AvgIpc) is 4.10. The van der Waals surface area contributed by atoms with E-state index in [1.54, 1.807) is 0 Å². The number of para-hydroxylation sites is 4. The second-order valence-electron chi connectivity index (χ2n) is 16.1. The lowest BCUT2D eigenvalue weighted by atomic mass is 10.00. The third kappa shape index (κ3) is 3.66. The van der Waals surface area contributed by atoms with E-state index in [0.29, 0.717) is 17.3 Å². The van der Waals surface area contributed by atoms with Gasteiger partial charge in [-0.1, -0.05) is 127 Å². The summed E-state index contributed by atoms with van der Waals surface area (Å²) in [5, 5.41) is 15.5. The molecule has 9 aromatic carbocycles. The first-order valence-corrected chi connectivity index (χ1v) is 20.4. The monoisotopic (exact) mass is 763 g/mol. The number of fused-ring (bicyclic) bond motifs is 20. The average molecular weight is 764 g/mol. The highest BCUT2D eigenvalue weighted by molar-refractivity contribution is 6.36. The maximum absolute atomic E-state index is 6.81. The van der Waals surface area contributed by atoms with Gasteiger partial charge in [0.2, 0.25) is 5.95 Å². The van der Waals surface area contributed by atoms with E-state index < -0.39 is 0 Å². The van der Waals surface area contributed by atoms with Crippen LogP contribution < -0.4 is 0 Å². The first kappa shape index (κ1) is 30.9. The number of benzene rings is 9. The Kier molecular flexibility index (Phi) is 5.57. The highest BCUT2D eigenvalue weighted by Gasteiger charge is 2.28. The third-order valence-electron chi connectivity index (χ3n) is 13.2. The number of nitrogens with zero attached hydrogens (tertiary/aromatic N) is 5. The van der Waals surface area contributed by atoms with Crippen molar-refractivity contribution in [2.24, 2.45) is 0 Å². The SMILES string of the molecule is c1ccc2c(c1)ccc1c2c2ccccc2n1-c1nc(-n2c3ccccc3c3cc4c5c6ccccc6ccc5n5c6ccccc6c(c32)c45)nc2c1oc1ccccc12. The summed E-state index contributed by atoms with van der Waals surface area (Å²) in [5.41, 5.74) is 10.1. The van der Waals surface area contributed by atoms with Crippen molar-refractivity contribution in [2.45, 2.75) is 0 Å². The van der Waals surface area contributed by atoms with Crippen LogP contribution in [0.25, 0.3) is 137 Å². The van der Waals surface area contributed by atoms with Gasteiger partial charge in [-0.05, 0) is 70.1 Å². The fourth-order valence-corrected chi connectivity index (χ4v) is 10.8. The molecule has 0 unspecified atom stereocenters. The highest BCUT2D eigenvalue weighted by Crippen LogP contribution is 2.48. The van der Waals surface area contributed by atoms with Gasteiger partial charge in [-0.15, -0.1) is 0 Å². The lowest BCUT2D eigenvalue weighted by molar-refractivity contribution is 0.661. The fraction of sp³-hybridized carbons (Fsp3) is 0. The van der Waals surface area contributed by atoms with Gasteiger partial charge in [-0.3, -0.25) is 9.13 Å². The van der Waals surface area contributed by atoms with Crippen molar-refractivity contribution in [3.8, 4) is 11.8 Å². The van der Waals surface area contributed by atoms with Crippen LogP contribution in [0.1, 0.15) is 0 Å². The van der Waals surface area contributed by atoms with Gasteiger partial charge in [0, 0.05) is 48.5 Å². The van der Waals surface area contributed by atoms with E-state index in [2.05, 4.69) is 177 Å². The molecular formula is C54H29N5O. The van der Waals surface area contributed by atoms with Gasteiger partial charge in [0.05, 0.1) is 38.6 Å². The molecule has 0 aliphatic carbocycles. The van der Waals surface area contributed by atoms with Gasteiger partial charge in [-0.2, -0.15) is 4.98 Å². The standard InChI is InChI=1S/C54H29N5O/c1-3-15-32-30(13-1)26-28-44-46(32)35-18-6-11-23-42(35)58(44)53-52-49(37-20-8-12-24-45(37)60-52)55-54(56-53)59-40-21-9-5-17-34(40)38-29-39-47-33-16-4-2-14-31(33)25-27-43(47)57-41-22-10-7-19-36(41)48(50(38)59)51(39)57/h1-29H. The number of rotatable bonds is 2. The molecule has 15 aromatic rings. The van der Waals surface area contributed by atoms with Crippen LogP contribution in [0.4, 0.5) is 0 Å². The van der Waals surface area contributed by atoms with Crippen molar-refractivity contribution in [3.63, 3.8) is 0 Å². The molecule has 276 valence electrons. The molecule has 0 atom stereocenters. The second kappa shape index (κ2) is 10.8. The molecule has 0 aliphatic heterocycles.